The van der Waals surface area contributed by atoms with Gasteiger partial charge in [-0.1, -0.05) is 24.3 Å². The zero-order valence-electron chi connectivity index (χ0n) is 13.6. The van der Waals surface area contributed by atoms with Gasteiger partial charge in [0, 0.05) is 12.4 Å². The Morgan fingerprint density at radius 2 is 1.68 bits per heavy atom. The summed E-state index contributed by atoms with van der Waals surface area (Å²) < 4.78 is 7.80. The van der Waals surface area contributed by atoms with E-state index in [4.69, 9.17) is 4.74 Å². The molecule has 0 spiro atoms. The van der Waals surface area contributed by atoms with E-state index in [0.29, 0.717) is 11.3 Å². The number of carboxylic acids is 1. The van der Waals surface area contributed by atoms with E-state index in [1.165, 1.54) is 0 Å². The summed E-state index contributed by atoms with van der Waals surface area (Å²) in [5.74, 6) is -0.0692. The molecule has 1 saturated heterocycles. The summed E-state index contributed by atoms with van der Waals surface area (Å²) in [6.45, 7) is 1.46. The van der Waals surface area contributed by atoms with Gasteiger partial charge in [0.2, 0.25) is 0 Å². The predicted molar refractivity (Wildman–Crippen MR) is 95.8 cm³/mol. The summed E-state index contributed by atoms with van der Waals surface area (Å²) >= 11 is 0. The van der Waals surface area contributed by atoms with Gasteiger partial charge in [-0.25, -0.2) is 4.79 Å². The molecule has 1 aliphatic rings. The third kappa shape index (κ3) is 2.96. The number of carbonyl (C=O) groups is 1. The first-order chi connectivity index (χ1) is 12.2. The highest BCUT2D eigenvalue weighted by Crippen LogP contribution is 2.32. The van der Waals surface area contributed by atoms with E-state index in [0.717, 1.165) is 24.5 Å². The van der Waals surface area contributed by atoms with Gasteiger partial charge in [0.15, 0.2) is 0 Å². The number of hydrogen-bond acceptors (Lipinski definition) is 3. The molecule has 5 nitrogen and oxygen atoms in total. The zero-order valence-corrected chi connectivity index (χ0v) is 13.6. The predicted octanol–water partition coefficient (Wildman–Crippen LogP) is 3.44. The number of benzene rings is 2. The molecule has 0 unspecified atom stereocenters. The highest BCUT2D eigenvalue weighted by Gasteiger charge is 2.31. The third-order valence-corrected chi connectivity index (χ3v) is 4.34. The summed E-state index contributed by atoms with van der Waals surface area (Å²) in [7, 11) is 0. The normalized spacial score (nSPS) is 14.2. The Hall–Kier alpha value is -3.21. The maximum atomic E-state index is 11.6. The number of para-hydroxylation sites is 2. The molecule has 1 aromatic heterocycles. The van der Waals surface area contributed by atoms with Crippen LogP contribution in [0.15, 0.2) is 73.1 Å². The van der Waals surface area contributed by atoms with Gasteiger partial charge in [0.1, 0.15) is 11.9 Å². The van der Waals surface area contributed by atoms with Gasteiger partial charge in [0.25, 0.3) is 0 Å². The molecule has 0 aliphatic carbocycles. The second-order valence-electron chi connectivity index (χ2n) is 6.03. The molecule has 0 amide bonds. The van der Waals surface area contributed by atoms with Gasteiger partial charge in [-0.05, 0) is 36.4 Å². The summed E-state index contributed by atoms with van der Waals surface area (Å²) in [6, 6.07) is 18.9. The minimum atomic E-state index is -0.928. The van der Waals surface area contributed by atoms with Crippen LogP contribution in [0, 0.1) is 0 Å². The summed E-state index contributed by atoms with van der Waals surface area (Å²) in [5.41, 5.74) is 1.89. The van der Waals surface area contributed by atoms with Gasteiger partial charge in [-0.2, -0.15) is 0 Å². The Morgan fingerprint density at radius 3 is 2.36 bits per heavy atom. The first-order valence-corrected chi connectivity index (χ1v) is 8.18. The first kappa shape index (κ1) is 15.3. The van der Waals surface area contributed by atoms with Gasteiger partial charge in [0.05, 0.1) is 30.0 Å². The maximum absolute atomic E-state index is 11.6. The average molecular weight is 334 g/mol. The Labute approximate surface area is 145 Å². The monoisotopic (exact) mass is 334 g/mol. The molecule has 0 atom stereocenters. The minimum absolute atomic E-state index is 0.105. The minimum Gasteiger partial charge on any atom is -0.487 e. The zero-order chi connectivity index (χ0) is 17.2. The average Bonchev–Trinajstić information content (AvgIpc) is 3.12. The number of ether oxygens (including phenoxy) is 1. The molecule has 4 rings (SSSR count). The first-order valence-electron chi connectivity index (χ1n) is 8.18. The van der Waals surface area contributed by atoms with Crippen LogP contribution < -0.4 is 9.64 Å². The van der Waals surface area contributed by atoms with Crippen LogP contribution in [0.3, 0.4) is 0 Å². The number of aromatic nitrogens is 1. The number of aromatic carboxylic acids is 1. The lowest BCUT2D eigenvalue weighted by molar-refractivity contribution is 0.0697. The van der Waals surface area contributed by atoms with Crippen LogP contribution in [0.4, 0.5) is 5.69 Å². The number of carboxylic acid groups (broad SMARTS) is 1. The molecular formula is C20H18N2O3. The van der Waals surface area contributed by atoms with Crippen molar-refractivity contribution in [2.45, 2.75) is 6.10 Å². The molecule has 126 valence electrons. The van der Waals surface area contributed by atoms with Crippen molar-refractivity contribution in [1.82, 2.24) is 4.57 Å². The Bertz CT molecular complexity index is 869. The van der Waals surface area contributed by atoms with Crippen molar-refractivity contribution in [3.05, 3.63) is 78.6 Å². The number of nitrogens with zero attached hydrogens (tertiary/aromatic N) is 2. The van der Waals surface area contributed by atoms with E-state index in [9.17, 15) is 9.90 Å². The van der Waals surface area contributed by atoms with Crippen LogP contribution in [0.2, 0.25) is 0 Å². The summed E-state index contributed by atoms with van der Waals surface area (Å²) in [6.07, 6.45) is 3.83. The van der Waals surface area contributed by atoms with Crippen LogP contribution in [0.5, 0.6) is 5.75 Å². The number of hydrogen-bond donors (Lipinski definition) is 1. The Morgan fingerprint density at radius 1 is 0.960 bits per heavy atom. The molecule has 1 fully saturated rings. The second-order valence-corrected chi connectivity index (χ2v) is 6.03. The van der Waals surface area contributed by atoms with Crippen LogP contribution in [0.25, 0.3) is 5.69 Å². The second kappa shape index (κ2) is 6.36. The highest BCUT2D eigenvalue weighted by molar-refractivity contribution is 5.95. The van der Waals surface area contributed by atoms with Crippen molar-refractivity contribution in [2.24, 2.45) is 0 Å². The van der Waals surface area contributed by atoms with Crippen LogP contribution >= 0.6 is 0 Å². The molecule has 5 heteroatoms. The van der Waals surface area contributed by atoms with Crippen molar-refractivity contribution >= 4 is 11.7 Å². The van der Waals surface area contributed by atoms with Crippen molar-refractivity contribution in [2.75, 3.05) is 18.0 Å². The van der Waals surface area contributed by atoms with Crippen LogP contribution in [-0.4, -0.2) is 34.8 Å². The van der Waals surface area contributed by atoms with Crippen LogP contribution in [-0.2, 0) is 0 Å². The molecular weight excluding hydrogens is 316 g/mol. The van der Waals surface area contributed by atoms with Gasteiger partial charge >= 0.3 is 5.97 Å². The summed E-state index contributed by atoms with van der Waals surface area (Å²) in [4.78, 5) is 13.8. The van der Waals surface area contributed by atoms with Crippen molar-refractivity contribution in [3.63, 3.8) is 0 Å². The van der Waals surface area contributed by atoms with Gasteiger partial charge in [-0.15, -0.1) is 0 Å². The molecule has 25 heavy (non-hydrogen) atoms. The molecule has 0 saturated carbocycles. The van der Waals surface area contributed by atoms with Gasteiger partial charge < -0.3 is 19.3 Å². The SMILES string of the molecule is O=C(O)c1cccc(N2CC(Oc3ccccc3)C2)c1-n1cccc1. The third-order valence-electron chi connectivity index (χ3n) is 4.34. The van der Waals surface area contributed by atoms with Crippen molar-refractivity contribution in [1.29, 1.82) is 0 Å². The number of anilines is 1. The lowest BCUT2D eigenvalue weighted by Gasteiger charge is -2.41. The molecule has 1 aliphatic heterocycles. The van der Waals surface area contributed by atoms with Crippen LogP contribution in [0.1, 0.15) is 10.4 Å². The molecule has 2 heterocycles. The van der Waals surface area contributed by atoms with E-state index in [1.807, 2.05) is 65.5 Å². The van der Waals surface area contributed by atoms with E-state index < -0.39 is 5.97 Å². The number of rotatable bonds is 5. The van der Waals surface area contributed by atoms with Gasteiger partial charge in [-0.3, -0.25) is 0 Å². The van der Waals surface area contributed by atoms with E-state index in [1.54, 1.807) is 12.1 Å². The fourth-order valence-electron chi connectivity index (χ4n) is 3.11. The van der Waals surface area contributed by atoms with E-state index in [2.05, 4.69) is 4.90 Å². The Balaban J connectivity index is 1.58. The fraction of sp³-hybridized carbons (Fsp3) is 0.150. The molecule has 1 N–H and O–H groups in total. The van der Waals surface area contributed by atoms with Crippen molar-refractivity contribution < 1.29 is 14.6 Å². The van der Waals surface area contributed by atoms with Crippen molar-refractivity contribution in [3.8, 4) is 11.4 Å². The van der Waals surface area contributed by atoms with E-state index >= 15 is 0 Å². The largest absolute Gasteiger partial charge is 0.487 e. The fourth-order valence-corrected chi connectivity index (χ4v) is 3.11. The maximum Gasteiger partial charge on any atom is 0.337 e. The Kier molecular flexibility index (Phi) is 3.90. The van der Waals surface area contributed by atoms with E-state index in [-0.39, 0.29) is 6.10 Å². The highest BCUT2D eigenvalue weighted by atomic mass is 16.5. The smallest absolute Gasteiger partial charge is 0.337 e. The lowest BCUT2D eigenvalue weighted by Crippen LogP contribution is -2.54. The molecule has 0 radical (unpaired) electrons. The quantitative estimate of drug-likeness (QED) is 0.776. The summed E-state index contributed by atoms with van der Waals surface area (Å²) in [5, 5.41) is 9.55. The topological polar surface area (TPSA) is 54.7 Å². The molecule has 2 aromatic carbocycles. The molecule has 3 aromatic rings. The molecule has 0 bridgehead atoms. The standard InChI is InChI=1S/C20H18N2O3/c23-20(24)17-9-6-10-18(19(17)21-11-4-5-12-21)22-13-16(14-22)25-15-7-2-1-3-8-15/h1-12,16H,13-14H2,(H,23,24). The lowest BCUT2D eigenvalue weighted by atomic mass is 10.1.